The summed E-state index contributed by atoms with van der Waals surface area (Å²) in [5, 5.41) is 0. The van der Waals surface area contributed by atoms with E-state index < -0.39 is 0 Å². The molecule has 0 saturated carbocycles. The van der Waals surface area contributed by atoms with Gasteiger partial charge in [0.2, 0.25) is 0 Å². The van der Waals surface area contributed by atoms with Gasteiger partial charge in [0.1, 0.15) is 0 Å². The van der Waals surface area contributed by atoms with Crippen molar-refractivity contribution in [3.05, 3.63) is 0 Å². The van der Waals surface area contributed by atoms with Gasteiger partial charge in [-0.3, -0.25) is 4.79 Å². The molecule has 2 unspecified atom stereocenters. The van der Waals surface area contributed by atoms with Crippen LogP contribution in [0.4, 0.5) is 0 Å². The fourth-order valence-corrected chi connectivity index (χ4v) is 3.69. The SMILES string of the molecule is CCCCCCCCCCCCCCCCC(C)CCC(C)C(=O)OC. The minimum Gasteiger partial charge on any atom is -0.469 e. The fraction of sp³-hybridized carbons (Fsp3) is 0.958. The highest BCUT2D eigenvalue weighted by molar-refractivity contribution is 5.71. The van der Waals surface area contributed by atoms with E-state index in [2.05, 4.69) is 13.8 Å². The molecule has 26 heavy (non-hydrogen) atoms. The molecule has 2 nitrogen and oxygen atoms in total. The van der Waals surface area contributed by atoms with Crippen LogP contribution < -0.4 is 0 Å². The van der Waals surface area contributed by atoms with Crippen LogP contribution in [0.1, 0.15) is 130 Å². The number of unbranched alkanes of at least 4 members (excludes halogenated alkanes) is 13. The first-order valence-electron chi connectivity index (χ1n) is 11.7. The average Bonchev–Trinajstić information content (AvgIpc) is 2.65. The third-order valence-electron chi connectivity index (χ3n) is 5.75. The molecule has 0 radical (unpaired) electrons. The standard InChI is InChI=1S/C24H48O2/c1-5-6-7-8-9-10-11-12-13-14-15-16-17-18-19-22(2)20-21-23(3)24(25)26-4/h22-23H,5-21H2,1-4H3. The monoisotopic (exact) mass is 368 g/mol. The Morgan fingerprint density at radius 3 is 1.50 bits per heavy atom. The van der Waals surface area contributed by atoms with Crippen molar-refractivity contribution in [3.63, 3.8) is 0 Å². The lowest BCUT2D eigenvalue weighted by molar-refractivity contribution is -0.145. The van der Waals surface area contributed by atoms with E-state index in [1.54, 1.807) is 0 Å². The molecule has 0 spiro atoms. The Labute approximate surface area is 164 Å². The van der Waals surface area contributed by atoms with E-state index in [1.807, 2.05) is 6.92 Å². The number of rotatable bonds is 19. The molecule has 0 amide bonds. The molecule has 156 valence electrons. The average molecular weight is 369 g/mol. The van der Waals surface area contributed by atoms with Crippen LogP contribution in [-0.2, 0) is 9.53 Å². The molecule has 0 fully saturated rings. The van der Waals surface area contributed by atoms with E-state index in [0.717, 1.165) is 18.8 Å². The van der Waals surface area contributed by atoms with Crippen molar-refractivity contribution in [2.75, 3.05) is 7.11 Å². The highest BCUT2D eigenvalue weighted by atomic mass is 16.5. The van der Waals surface area contributed by atoms with Gasteiger partial charge in [-0.2, -0.15) is 0 Å². The number of ether oxygens (including phenoxy) is 1. The maximum atomic E-state index is 11.4. The molecule has 0 saturated heterocycles. The molecule has 0 aromatic carbocycles. The second kappa shape index (κ2) is 19.2. The van der Waals surface area contributed by atoms with E-state index >= 15 is 0 Å². The zero-order valence-electron chi connectivity index (χ0n) is 18.5. The third kappa shape index (κ3) is 16.9. The summed E-state index contributed by atoms with van der Waals surface area (Å²) in [6.07, 6.45) is 23.3. The van der Waals surface area contributed by atoms with Crippen LogP contribution in [-0.4, -0.2) is 13.1 Å². The number of carbonyl (C=O) groups excluding carboxylic acids is 1. The Morgan fingerprint density at radius 2 is 1.08 bits per heavy atom. The molecule has 2 atom stereocenters. The van der Waals surface area contributed by atoms with Gasteiger partial charge in [0.25, 0.3) is 0 Å². The van der Waals surface area contributed by atoms with Gasteiger partial charge in [-0.25, -0.2) is 0 Å². The molecule has 0 bridgehead atoms. The lowest BCUT2D eigenvalue weighted by Crippen LogP contribution is -2.13. The summed E-state index contributed by atoms with van der Waals surface area (Å²) in [5.74, 6) is 0.729. The van der Waals surface area contributed by atoms with Gasteiger partial charge in [0.05, 0.1) is 13.0 Å². The number of carbonyl (C=O) groups is 1. The summed E-state index contributed by atoms with van der Waals surface area (Å²) >= 11 is 0. The van der Waals surface area contributed by atoms with E-state index in [0.29, 0.717) is 0 Å². The molecule has 0 rings (SSSR count). The van der Waals surface area contributed by atoms with E-state index in [-0.39, 0.29) is 11.9 Å². The van der Waals surface area contributed by atoms with Crippen LogP contribution in [0.5, 0.6) is 0 Å². The molecule has 0 N–H and O–H groups in total. The Hall–Kier alpha value is -0.530. The zero-order chi connectivity index (χ0) is 19.5. The number of hydrogen-bond donors (Lipinski definition) is 0. The van der Waals surface area contributed by atoms with Gasteiger partial charge in [-0.1, -0.05) is 117 Å². The van der Waals surface area contributed by atoms with Crippen LogP contribution in [0.2, 0.25) is 0 Å². The van der Waals surface area contributed by atoms with Crippen molar-refractivity contribution in [3.8, 4) is 0 Å². The molecular formula is C24H48O2. The van der Waals surface area contributed by atoms with Crippen LogP contribution in [0.3, 0.4) is 0 Å². The van der Waals surface area contributed by atoms with Crippen molar-refractivity contribution >= 4 is 5.97 Å². The van der Waals surface area contributed by atoms with Gasteiger partial charge >= 0.3 is 5.97 Å². The molecule has 0 aliphatic carbocycles. The van der Waals surface area contributed by atoms with Crippen molar-refractivity contribution in [2.24, 2.45) is 11.8 Å². The smallest absolute Gasteiger partial charge is 0.308 e. The third-order valence-corrected chi connectivity index (χ3v) is 5.75. The summed E-state index contributed by atoms with van der Waals surface area (Å²) < 4.78 is 4.79. The molecule has 0 aromatic heterocycles. The van der Waals surface area contributed by atoms with E-state index in [1.165, 1.54) is 103 Å². The lowest BCUT2D eigenvalue weighted by Gasteiger charge is -2.14. The van der Waals surface area contributed by atoms with Gasteiger partial charge in [0, 0.05) is 0 Å². The van der Waals surface area contributed by atoms with Gasteiger partial charge in [-0.05, 0) is 18.8 Å². The van der Waals surface area contributed by atoms with Crippen molar-refractivity contribution < 1.29 is 9.53 Å². The van der Waals surface area contributed by atoms with Crippen molar-refractivity contribution in [1.29, 1.82) is 0 Å². The van der Waals surface area contributed by atoms with Crippen molar-refractivity contribution in [1.82, 2.24) is 0 Å². The van der Waals surface area contributed by atoms with Crippen LogP contribution in [0.25, 0.3) is 0 Å². The lowest BCUT2D eigenvalue weighted by atomic mass is 9.93. The summed E-state index contributed by atoms with van der Waals surface area (Å²) in [4.78, 5) is 11.4. The maximum absolute atomic E-state index is 11.4. The van der Waals surface area contributed by atoms with Crippen LogP contribution in [0.15, 0.2) is 0 Å². The van der Waals surface area contributed by atoms with Crippen LogP contribution in [0, 0.1) is 11.8 Å². The fourth-order valence-electron chi connectivity index (χ4n) is 3.69. The molecule has 0 aliphatic rings. The molecular weight excluding hydrogens is 320 g/mol. The number of hydrogen-bond acceptors (Lipinski definition) is 2. The quantitative estimate of drug-likeness (QED) is 0.170. The molecule has 0 aliphatic heterocycles. The number of esters is 1. The van der Waals surface area contributed by atoms with E-state index in [4.69, 9.17) is 4.74 Å². The predicted octanol–water partition coefficient (Wildman–Crippen LogP) is 8.08. The Balaban J connectivity index is 3.24. The van der Waals surface area contributed by atoms with Crippen LogP contribution >= 0.6 is 0 Å². The highest BCUT2D eigenvalue weighted by Gasteiger charge is 2.14. The first-order chi connectivity index (χ1) is 12.6. The largest absolute Gasteiger partial charge is 0.469 e. The molecule has 0 aromatic rings. The molecule has 0 heterocycles. The summed E-state index contributed by atoms with van der Waals surface area (Å²) in [6, 6.07) is 0. The van der Waals surface area contributed by atoms with Crippen molar-refractivity contribution in [2.45, 2.75) is 130 Å². The predicted molar refractivity (Wildman–Crippen MR) is 115 cm³/mol. The minimum absolute atomic E-state index is 0.0544. The topological polar surface area (TPSA) is 26.3 Å². The van der Waals surface area contributed by atoms with Gasteiger partial charge < -0.3 is 4.74 Å². The maximum Gasteiger partial charge on any atom is 0.308 e. The first kappa shape index (κ1) is 25.5. The Bertz CT molecular complexity index is 301. The molecule has 2 heteroatoms. The van der Waals surface area contributed by atoms with Gasteiger partial charge in [0.15, 0.2) is 0 Å². The Morgan fingerprint density at radius 1 is 0.654 bits per heavy atom. The second-order valence-electron chi connectivity index (χ2n) is 8.49. The summed E-state index contributed by atoms with van der Waals surface area (Å²) in [7, 11) is 1.48. The zero-order valence-corrected chi connectivity index (χ0v) is 18.5. The Kier molecular flexibility index (Phi) is 18.8. The highest BCUT2D eigenvalue weighted by Crippen LogP contribution is 2.20. The first-order valence-corrected chi connectivity index (χ1v) is 11.7. The van der Waals surface area contributed by atoms with E-state index in [9.17, 15) is 4.79 Å². The summed E-state index contributed by atoms with van der Waals surface area (Å²) in [5.41, 5.74) is 0. The van der Waals surface area contributed by atoms with Gasteiger partial charge in [-0.15, -0.1) is 0 Å². The number of methoxy groups -OCH3 is 1. The minimum atomic E-state index is -0.0614. The normalized spacial score (nSPS) is 13.5. The second-order valence-corrected chi connectivity index (χ2v) is 8.49. The summed E-state index contributed by atoms with van der Waals surface area (Å²) in [6.45, 7) is 6.59.